The molecule has 9 nitrogen and oxygen atoms in total. The van der Waals surface area contributed by atoms with Gasteiger partial charge in [-0.05, 0) is 24.3 Å². The Balaban J connectivity index is 1.48. The molecule has 0 saturated heterocycles. The summed E-state index contributed by atoms with van der Waals surface area (Å²) in [7, 11) is -3.77. The quantitative estimate of drug-likeness (QED) is 0.712. The number of fused-ring (bicyclic) bond motifs is 1. The maximum Gasteiger partial charge on any atom is 0.249 e. The molecule has 1 aliphatic rings. The third-order valence-electron chi connectivity index (χ3n) is 3.61. The van der Waals surface area contributed by atoms with Gasteiger partial charge in [-0.25, -0.2) is 13.1 Å². The number of aromatic nitrogens is 3. The number of sulfonamides is 1. The number of rotatable bonds is 5. The van der Waals surface area contributed by atoms with E-state index in [0.717, 1.165) is 0 Å². The minimum atomic E-state index is -3.77. The Bertz CT molecular complexity index is 1020. The molecule has 0 bridgehead atoms. The van der Waals surface area contributed by atoms with Crippen molar-refractivity contribution in [2.45, 2.75) is 11.4 Å². The Hall–Kier alpha value is -2.98. The first kappa shape index (κ1) is 16.5. The molecule has 1 aliphatic heterocycles. The molecular weight excluding hydrogens is 360 g/mol. The Morgan fingerprint density at radius 2 is 1.92 bits per heavy atom. The molecule has 0 spiro atoms. The predicted molar refractivity (Wildman–Crippen MR) is 89.0 cm³/mol. The van der Waals surface area contributed by atoms with Gasteiger partial charge in [0.15, 0.2) is 11.5 Å². The van der Waals surface area contributed by atoms with Crippen LogP contribution in [-0.2, 0) is 16.6 Å². The van der Waals surface area contributed by atoms with E-state index in [1.54, 1.807) is 30.6 Å². The first-order valence-corrected chi connectivity index (χ1v) is 9.22. The van der Waals surface area contributed by atoms with Crippen LogP contribution in [-0.4, -0.2) is 36.8 Å². The minimum Gasteiger partial charge on any atom is -0.486 e. The second kappa shape index (κ2) is 6.73. The van der Waals surface area contributed by atoms with Crippen LogP contribution in [0.3, 0.4) is 0 Å². The summed E-state index contributed by atoms with van der Waals surface area (Å²) in [5.41, 5.74) is 0.654. The Morgan fingerprint density at radius 3 is 2.73 bits per heavy atom. The highest BCUT2D eigenvalue weighted by molar-refractivity contribution is 7.89. The highest BCUT2D eigenvalue weighted by Crippen LogP contribution is 2.32. The molecule has 3 heterocycles. The zero-order chi connectivity index (χ0) is 18.0. The largest absolute Gasteiger partial charge is 0.486 e. The SMILES string of the molecule is O=S(=O)(NCc1nnc(-c2cccnc2)o1)c1ccc2c(c1)OCCO2. The Kier molecular flexibility index (Phi) is 4.27. The summed E-state index contributed by atoms with van der Waals surface area (Å²) in [4.78, 5) is 4.03. The average molecular weight is 374 g/mol. The smallest absolute Gasteiger partial charge is 0.249 e. The van der Waals surface area contributed by atoms with Gasteiger partial charge in [0.1, 0.15) is 13.2 Å². The second-order valence-electron chi connectivity index (χ2n) is 5.37. The summed E-state index contributed by atoms with van der Waals surface area (Å²) in [6.45, 7) is 0.681. The van der Waals surface area contributed by atoms with Gasteiger partial charge in [-0.15, -0.1) is 10.2 Å². The van der Waals surface area contributed by atoms with Gasteiger partial charge in [-0.1, -0.05) is 0 Å². The van der Waals surface area contributed by atoms with E-state index in [2.05, 4.69) is 19.9 Å². The number of nitrogens with zero attached hydrogens (tertiary/aromatic N) is 3. The molecule has 4 rings (SSSR count). The van der Waals surface area contributed by atoms with Crippen LogP contribution in [0.4, 0.5) is 0 Å². The van der Waals surface area contributed by atoms with Gasteiger partial charge in [0, 0.05) is 18.5 Å². The number of pyridine rings is 1. The summed E-state index contributed by atoms with van der Waals surface area (Å²) in [6, 6.07) is 7.94. The fourth-order valence-corrected chi connectivity index (χ4v) is 3.35. The summed E-state index contributed by atoms with van der Waals surface area (Å²) in [6.07, 6.45) is 3.21. The lowest BCUT2D eigenvalue weighted by Crippen LogP contribution is -2.24. The van der Waals surface area contributed by atoms with Crippen LogP contribution in [0.15, 0.2) is 52.0 Å². The zero-order valence-electron chi connectivity index (χ0n) is 13.5. The van der Waals surface area contributed by atoms with E-state index < -0.39 is 10.0 Å². The third kappa shape index (κ3) is 3.37. The number of hydrogen-bond donors (Lipinski definition) is 1. The van der Waals surface area contributed by atoms with Crippen LogP contribution in [0.5, 0.6) is 11.5 Å². The Labute approximate surface area is 149 Å². The maximum absolute atomic E-state index is 12.5. The lowest BCUT2D eigenvalue weighted by atomic mass is 10.3. The van der Waals surface area contributed by atoms with Crippen molar-refractivity contribution < 1.29 is 22.3 Å². The van der Waals surface area contributed by atoms with E-state index in [1.807, 2.05) is 0 Å². The van der Waals surface area contributed by atoms with E-state index >= 15 is 0 Å². The second-order valence-corrected chi connectivity index (χ2v) is 7.14. The maximum atomic E-state index is 12.5. The zero-order valence-corrected chi connectivity index (χ0v) is 14.3. The average Bonchev–Trinajstić information content (AvgIpc) is 3.16. The highest BCUT2D eigenvalue weighted by Gasteiger charge is 2.20. The molecule has 2 aromatic heterocycles. The molecule has 0 saturated carbocycles. The molecule has 1 N–H and O–H groups in total. The van der Waals surface area contributed by atoms with Gasteiger partial charge >= 0.3 is 0 Å². The van der Waals surface area contributed by atoms with Crippen LogP contribution in [0.25, 0.3) is 11.5 Å². The fourth-order valence-electron chi connectivity index (χ4n) is 2.36. The van der Waals surface area contributed by atoms with Crippen molar-refractivity contribution in [1.29, 1.82) is 0 Å². The summed E-state index contributed by atoms with van der Waals surface area (Å²) in [5, 5.41) is 7.73. The normalized spacial score (nSPS) is 13.5. The Morgan fingerprint density at radius 1 is 1.08 bits per heavy atom. The van der Waals surface area contributed by atoms with Crippen molar-refractivity contribution in [2.24, 2.45) is 0 Å². The van der Waals surface area contributed by atoms with Gasteiger partial charge in [-0.3, -0.25) is 4.98 Å². The number of nitrogens with one attached hydrogen (secondary N) is 1. The molecule has 0 amide bonds. The van der Waals surface area contributed by atoms with Gasteiger partial charge in [0.25, 0.3) is 0 Å². The van der Waals surface area contributed by atoms with E-state index in [0.29, 0.717) is 30.3 Å². The first-order chi connectivity index (χ1) is 12.6. The molecule has 1 aromatic carbocycles. The highest BCUT2D eigenvalue weighted by atomic mass is 32.2. The molecule has 0 fully saturated rings. The standard InChI is InChI=1S/C16H14N4O5S/c21-26(22,12-3-4-13-14(8-12)24-7-6-23-13)18-10-15-19-20-16(25-15)11-2-1-5-17-9-11/h1-5,8-9,18H,6-7,10H2. The third-order valence-corrected chi connectivity index (χ3v) is 5.01. The first-order valence-electron chi connectivity index (χ1n) is 7.74. The number of benzene rings is 1. The topological polar surface area (TPSA) is 116 Å². The molecule has 26 heavy (non-hydrogen) atoms. The van der Waals surface area contributed by atoms with Crippen LogP contribution in [0, 0.1) is 0 Å². The van der Waals surface area contributed by atoms with Crippen molar-refractivity contribution in [3.63, 3.8) is 0 Å². The van der Waals surface area contributed by atoms with Crippen molar-refractivity contribution in [3.05, 3.63) is 48.6 Å². The van der Waals surface area contributed by atoms with Crippen molar-refractivity contribution in [2.75, 3.05) is 13.2 Å². The van der Waals surface area contributed by atoms with Crippen LogP contribution in [0.1, 0.15) is 5.89 Å². The van der Waals surface area contributed by atoms with Gasteiger partial charge < -0.3 is 13.9 Å². The summed E-state index contributed by atoms with van der Waals surface area (Å²) >= 11 is 0. The summed E-state index contributed by atoms with van der Waals surface area (Å²) < 4.78 is 43.6. The molecule has 10 heteroatoms. The summed E-state index contributed by atoms with van der Waals surface area (Å²) in [5.74, 6) is 1.33. The van der Waals surface area contributed by atoms with Gasteiger partial charge in [-0.2, -0.15) is 0 Å². The van der Waals surface area contributed by atoms with Crippen molar-refractivity contribution in [1.82, 2.24) is 19.9 Å². The molecule has 3 aromatic rings. The van der Waals surface area contributed by atoms with Gasteiger partial charge in [0.2, 0.25) is 21.8 Å². The lowest BCUT2D eigenvalue weighted by molar-refractivity contribution is 0.171. The van der Waals surface area contributed by atoms with E-state index in [4.69, 9.17) is 13.9 Å². The van der Waals surface area contributed by atoms with E-state index in [1.165, 1.54) is 12.1 Å². The minimum absolute atomic E-state index is 0.0637. The molecule has 0 unspecified atom stereocenters. The molecule has 0 aliphatic carbocycles. The number of ether oxygens (including phenoxy) is 2. The number of hydrogen-bond acceptors (Lipinski definition) is 8. The van der Waals surface area contributed by atoms with E-state index in [9.17, 15) is 8.42 Å². The molecular formula is C16H14N4O5S. The van der Waals surface area contributed by atoms with Crippen LogP contribution < -0.4 is 14.2 Å². The van der Waals surface area contributed by atoms with Crippen LogP contribution in [0.2, 0.25) is 0 Å². The van der Waals surface area contributed by atoms with Crippen LogP contribution >= 0.6 is 0 Å². The van der Waals surface area contributed by atoms with E-state index in [-0.39, 0.29) is 23.2 Å². The van der Waals surface area contributed by atoms with Crippen molar-refractivity contribution >= 4 is 10.0 Å². The molecule has 0 radical (unpaired) electrons. The predicted octanol–water partition coefficient (Wildman–Crippen LogP) is 1.38. The molecule has 134 valence electrons. The molecule has 0 atom stereocenters. The van der Waals surface area contributed by atoms with Gasteiger partial charge in [0.05, 0.1) is 17.0 Å². The fraction of sp³-hybridized carbons (Fsp3) is 0.188. The monoisotopic (exact) mass is 374 g/mol. The van der Waals surface area contributed by atoms with Crippen molar-refractivity contribution in [3.8, 4) is 23.0 Å². The lowest BCUT2D eigenvalue weighted by Gasteiger charge is -2.18.